The Bertz CT molecular complexity index is 627. The molecular formula is C14H22F3NO7S. The molecule has 0 aromatic carbocycles. The fourth-order valence-electron chi connectivity index (χ4n) is 2.23. The van der Waals surface area contributed by atoms with E-state index in [2.05, 4.69) is 4.18 Å². The third-order valence-electron chi connectivity index (χ3n) is 3.32. The van der Waals surface area contributed by atoms with Crippen molar-refractivity contribution in [2.75, 3.05) is 19.7 Å². The smallest absolute Gasteiger partial charge is 0.466 e. The lowest BCUT2D eigenvalue weighted by atomic mass is 9.95. The Kier molecular flexibility index (Phi) is 6.91. The Morgan fingerprint density at radius 3 is 2.23 bits per heavy atom. The monoisotopic (exact) mass is 405 g/mol. The summed E-state index contributed by atoms with van der Waals surface area (Å²) >= 11 is 0. The minimum Gasteiger partial charge on any atom is -0.466 e. The number of hydrogen-bond donors (Lipinski definition) is 0. The van der Waals surface area contributed by atoms with Crippen molar-refractivity contribution in [1.29, 1.82) is 0 Å². The predicted octanol–water partition coefficient (Wildman–Crippen LogP) is 2.04. The number of carbonyl (C=O) groups excluding carboxylic acids is 2. The second-order valence-corrected chi connectivity index (χ2v) is 8.17. The zero-order valence-corrected chi connectivity index (χ0v) is 15.6. The Hall–Kier alpha value is -1.56. The van der Waals surface area contributed by atoms with Crippen LogP contribution in [0.1, 0.15) is 34.1 Å². The maximum absolute atomic E-state index is 12.5. The van der Waals surface area contributed by atoms with Crippen molar-refractivity contribution in [1.82, 2.24) is 4.90 Å². The van der Waals surface area contributed by atoms with Crippen molar-refractivity contribution in [3.8, 4) is 0 Å². The molecule has 152 valence electrons. The summed E-state index contributed by atoms with van der Waals surface area (Å²) in [7, 11) is -5.89. The summed E-state index contributed by atoms with van der Waals surface area (Å²) in [6.07, 6.45) is -2.68. The van der Waals surface area contributed by atoms with Crippen LogP contribution in [0.15, 0.2) is 0 Å². The maximum atomic E-state index is 12.5. The molecule has 26 heavy (non-hydrogen) atoms. The first-order valence-electron chi connectivity index (χ1n) is 7.82. The molecule has 0 N–H and O–H groups in total. The van der Waals surface area contributed by atoms with Crippen LogP contribution in [0.25, 0.3) is 0 Å². The Balaban J connectivity index is 2.98. The number of ether oxygens (including phenoxy) is 2. The summed E-state index contributed by atoms with van der Waals surface area (Å²) in [5.74, 6) is -2.35. The van der Waals surface area contributed by atoms with E-state index < -0.39 is 45.3 Å². The number of rotatable bonds is 4. The molecule has 1 rings (SSSR count). The number of piperidine rings is 1. The van der Waals surface area contributed by atoms with Gasteiger partial charge in [0.05, 0.1) is 12.7 Å². The molecule has 2 atom stereocenters. The first kappa shape index (κ1) is 22.5. The van der Waals surface area contributed by atoms with Crippen molar-refractivity contribution in [3.05, 3.63) is 0 Å². The number of halogens is 3. The molecule has 1 fully saturated rings. The van der Waals surface area contributed by atoms with Gasteiger partial charge < -0.3 is 14.4 Å². The number of alkyl halides is 3. The molecule has 1 aliphatic heterocycles. The third-order valence-corrected chi connectivity index (χ3v) is 4.39. The number of likely N-dealkylation sites (tertiary alicyclic amines) is 1. The molecule has 0 radical (unpaired) electrons. The number of hydrogen-bond acceptors (Lipinski definition) is 7. The quantitative estimate of drug-likeness (QED) is 0.401. The van der Waals surface area contributed by atoms with Crippen molar-refractivity contribution in [3.63, 3.8) is 0 Å². The van der Waals surface area contributed by atoms with E-state index >= 15 is 0 Å². The molecule has 1 aliphatic rings. The van der Waals surface area contributed by atoms with E-state index in [-0.39, 0.29) is 26.1 Å². The van der Waals surface area contributed by atoms with Crippen LogP contribution in [0.3, 0.4) is 0 Å². The van der Waals surface area contributed by atoms with Crippen molar-refractivity contribution >= 4 is 22.2 Å². The highest BCUT2D eigenvalue weighted by Gasteiger charge is 2.51. The Morgan fingerprint density at radius 2 is 1.77 bits per heavy atom. The lowest BCUT2D eigenvalue weighted by molar-refractivity contribution is -0.154. The van der Waals surface area contributed by atoms with Gasteiger partial charge in [-0.2, -0.15) is 21.6 Å². The molecule has 1 saturated heterocycles. The molecule has 1 amide bonds. The second-order valence-electron chi connectivity index (χ2n) is 6.61. The van der Waals surface area contributed by atoms with Crippen molar-refractivity contribution < 1.29 is 44.8 Å². The molecule has 1 heterocycles. The van der Waals surface area contributed by atoms with Crippen LogP contribution in [0, 0.1) is 5.92 Å². The maximum Gasteiger partial charge on any atom is 0.523 e. The predicted molar refractivity (Wildman–Crippen MR) is 82.4 cm³/mol. The molecule has 0 spiro atoms. The molecule has 12 heteroatoms. The van der Waals surface area contributed by atoms with Gasteiger partial charge in [0, 0.05) is 13.1 Å². The summed E-state index contributed by atoms with van der Waals surface area (Å²) in [5, 5.41) is 0. The van der Waals surface area contributed by atoms with E-state index in [4.69, 9.17) is 9.47 Å². The van der Waals surface area contributed by atoms with Crippen LogP contribution in [0.2, 0.25) is 0 Å². The molecule has 0 bridgehead atoms. The van der Waals surface area contributed by atoms with E-state index in [1.807, 2.05) is 0 Å². The van der Waals surface area contributed by atoms with Crippen LogP contribution in [0.5, 0.6) is 0 Å². The number of carbonyl (C=O) groups is 2. The number of nitrogens with zero attached hydrogens (tertiary/aromatic N) is 1. The summed E-state index contributed by atoms with van der Waals surface area (Å²) in [5.41, 5.74) is -6.43. The second kappa shape index (κ2) is 7.99. The fourth-order valence-corrected chi connectivity index (χ4v) is 2.90. The fraction of sp³-hybridized carbons (Fsp3) is 0.857. The lowest BCUT2D eigenvalue weighted by Gasteiger charge is -2.37. The van der Waals surface area contributed by atoms with Crippen LogP contribution >= 0.6 is 0 Å². The topological polar surface area (TPSA) is 99.2 Å². The molecule has 2 unspecified atom stereocenters. The SMILES string of the molecule is CCOC(=O)C1CN(C(=O)OC(C)(C)C)CCC1OS(=O)(=O)C(F)(F)F. The van der Waals surface area contributed by atoms with Crippen molar-refractivity contribution in [2.45, 2.75) is 51.3 Å². The average Bonchev–Trinajstić information content (AvgIpc) is 2.44. The Morgan fingerprint density at radius 1 is 1.19 bits per heavy atom. The summed E-state index contributed by atoms with van der Waals surface area (Å²) in [6, 6.07) is 0. The van der Waals surface area contributed by atoms with Crippen LogP contribution < -0.4 is 0 Å². The summed E-state index contributed by atoms with van der Waals surface area (Å²) in [4.78, 5) is 25.2. The van der Waals surface area contributed by atoms with Crippen molar-refractivity contribution in [2.24, 2.45) is 5.92 Å². The van der Waals surface area contributed by atoms with Crippen LogP contribution in [-0.4, -0.2) is 62.3 Å². The van der Waals surface area contributed by atoms with Gasteiger partial charge >= 0.3 is 27.7 Å². The van der Waals surface area contributed by atoms with Gasteiger partial charge in [-0.05, 0) is 34.1 Å². The Labute approximate surface area is 149 Å². The van der Waals surface area contributed by atoms with Gasteiger partial charge in [-0.25, -0.2) is 4.79 Å². The molecule has 0 aromatic rings. The van der Waals surface area contributed by atoms with Gasteiger partial charge in [-0.3, -0.25) is 8.98 Å². The van der Waals surface area contributed by atoms with Gasteiger partial charge in [0.15, 0.2) is 0 Å². The van der Waals surface area contributed by atoms with Gasteiger partial charge in [-0.15, -0.1) is 0 Å². The standard InChI is InChI=1S/C14H22F3NO7S/c1-5-23-11(19)9-8-18(12(20)24-13(2,3)4)7-6-10(9)25-26(21,22)14(15,16)17/h9-10H,5-8H2,1-4H3. The largest absolute Gasteiger partial charge is 0.523 e. The summed E-state index contributed by atoms with van der Waals surface area (Å²) < 4.78 is 74.3. The van der Waals surface area contributed by atoms with E-state index in [9.17, 15) is 31.2 Å². The summed E-state index contributed by atoms with van der Waals surface area (Å²) in [6.45, 7) is 5.77. The normalized spacial score (nSPS) is 22.0. The van der Waals surface area contributed by atoms with Crippen LogP contribution in [0.4, 0.5) is 18.0 Å². The zero-order chi connectivity index (χ0) is 20.3. The lowest BCUT2D eigenvalue weighted by Crippen LogP contribution is -2.52. The highest BCUT2D eigenvalue weighted by molar-refractivity contribution is 7.87. The van der Waals surface area contributed by atoms with Gasteiger partial charge in [0.2, 0.25) is 0 Å². The highest BCUT2D eigenvalue weighted by Crippen LogP contribution is 2.31. The van der Waals surface area contributed by atoms with Gasteiger partial charge in [0.1, 0.15) is 11.5 Å². The van der Waals surface area contributed by atoms with Crippen LogP contribution in [-0.2, 0) is 28.6 Å². The zero-order valence-electron chi connectivity index (χ0n) is 14.8. The van der Waals surface area contributed by atoms with E-state index in [0.29, 0.717) is 0 Å². The third kappa shape index (κ3) is 6.01. The molecule has 0 aliphatic carbocycles. The minimum absolute atomic E-state index is 0.0689. The van der Waals surface area contributed by atoms with E-state index in [1.54, 1.807) is 20.8 Å². The molecule has 8 nitrogen and oxygen atoms in total. The van der Waals surface area contributed by atoms with E-state index in [1.165, 1.54) is 6.92 Å². The number of esters is 1. The number of amides is 1. The average molecular weight is 405 g/mol. The van der Waals surface area contributed by atoms with E-state index in [0.717, 1.165) is 4.90 Å². The molecular weight excluding hydrogens is 383 g/mol. The van der Waals surface area contributed by atoms with Gasteiger partial charge in [0.25, 0.3) is 0 Å². The molecule has 0 saturated carbocycles. The first-order chi connectivity index (χ1) is 11.7. The molecule has 0 aromatic heterocycles. The first-order valence-corrected chi connectivity index (χ1v) is 9.23. The minimum atomic E-state index is -5.89. The van der Waals surface area contributed by atoms with Gasteiger partial charge in [-0.1, -0.05) is 0 Å². The highest BCUT2D eigenvalue weighted by atomic mass is 32.2.